The second-order valence-corrected chi connectivity index (χ2v) is 14.2. The van der Waals surface area contributed by atoms with Crippen LogP contribution in [0.3, 0.4) is 0 Å². The van der Waals surface area contributed by atoms with Crippen LogP contribution in [0.4, 0.5) is 0 Å². The summed E-state index contributed by atoms with van der Waals surface area (Å²) in [6.45, 7) is 44.4. The van der Waals surface area contributed by atoms with Crippen molar-refractivity contribution in [2.45, 2.75) is 137 Å². The molecular formula is C31H62. The Morgan fingerprint density at radius 3 is 1.10 bits per heavy atom. The van der Waals surface area contributed by atoms with Crippen molar-refractivity contribution in [2.24, 2.45) is 27.6 Å². The van der Waals surface area contributed by atoms with Gasteiger partial charge in [0, 0.05) is 0 Å². The first-order chi connectivity index (χ1) is 13.3. The molecule has 0 atom stereocenters. The molecule has 0 aliphatic rings. The minimum Gasteiger partial charge on any atom is -0.0998 e. The van der Waals surface area contributed by atoms with Gasteiger partial charge in [-0.25, -0.2) is 0 Å². The fraction of sp³-hybridized carbons (Fsp3) is 0.806. The molecule has 0 heteroatoms. The molecule has 0 saturated carbocycles. The fourth-order valence-corrected chi connectivity index (χ4v) is 3.02. The van der Waals surface area contributed by atoms with Gasteiger partial charge in [-0.05, 0) is 68.1 Å². The molecule has 0 heterocycles. The van der Waals surface area contributed by atoms with Crippen LogP contribution in [0.5, 0.6) is 0 Å². The summed E-state index contributed by atoms with van der Waals surface area (Å²) in [5.74, 6) is 0.689. The predicted molar refractivity (Wildman–Crippen MR) is 149 cm³/mol. The summed E-state index contributed by atoms with van der Waals surface area (Å²) < 4.78 is 0. The lowest BCUT2D eigenvalue weighted by Crippen LogP contribution is -2.11. The van der Waals surface area contributed by atoms with Gasteiger partial charge in [0.25, 0.3) is 0 Å². The van der Waals surface area contributed by atoms with E-state index < -0.39 is 0 Å². The van der Waals surface area contributed by atoms with Crippen LogP contribution < -0.4 is 0 Å². The first-order valence-corrected chi connectivity index (χ1v) is 12.3. The summed E-state index contributed by atoms with van der Waals surface area (Å²) in [5.41, 5.74) is 7.41. The van der Waals surface area contributed by atoms with E-state index in [-0.39, 0.29) is 0 Å². The zero-order valence-electron chi connectivity index (χ0n) is 25.3. The van der Waals surface area contributed by atoms with Crippen LogP contribution in [0.1, 0.15) is 137 Å². The number of allylic oxidation sites excluding steroid dienone is 5. The molecule has 186 valence electrons. The van der Waals surface area contributed by atoms with Gasteiger partial charge in [-0.3, -0.25) is 0 Å². The molecule has 0 N–H and O–H groups in total. The van der Waals surface area contributed by atoms with Gasteiger partial charge in [0.1, 0.15) is 0 Å². The molecular weight excluding hydrogens is 372 g/mol. The van der Waals surface area contributed by atoms with Gasteiger partial charge < -0.3 is 0 Å². The summed E-state index contributed by atoms with van der Waals surface area (Å²) in [6.07, 6.45) is 4.45. The maximum absolute atomic E-state index is 4.13. The summed E-state index contributed by atoms with van der Waals surface area (Å²) in [6, 6.07) is 0. The standard InChI is InChI=1S/C12H24.C11H22.C8H16/c1-10(8-11(2,3)4)9-12(5,6)7;1-8(2)9(3)10(4)11(5,6)7;1-6-7(2)8(3,4)5/h1,8-9H2,2-7H3;8H,1-7H3;6H,1-5H3/b;10-9-;7-6-. The molecule has 0 unspecified atom stereocenters. The molecule has 0 spiro atoms. The van der Waals surface area contributed by atoms with Gasteiger partial charge in [-0.15, -0.1) is 0 Å². The van der Waals surface area contributed by atoms with E-state index in [2.05, 4.69) is 137 Å². The first kappa shape index (κ1) is 34.8. The molecule has 0 fully saturated rings. The number of hydrogen-bond donors (Lipinski definition) is 0. The maximum Gasteiger partial charge on any atom is -0.0173 e. The van der Waals surface area contributed by atoms with Crippen LogP contribution in [-0.2, 0) is 0 Å². The lowest BCUT2D eigenvalue weighted by Gasteiger charge is -2.25. The Hall–Kier alpha value is -0.780. The quantitative estimate of drug-likeness (QED) is 0.387. The van der Waals surface area contributed by atoms with Gasteiger partial charge >= 0.3 is 0 Å². The highest BCUT2D eigenvalue weighted by molar-refractivity contribution is 5.17. The largest absolute Gasteiger partial charge is 0.0998 e. The van der Waals surface area contributed by atoms with Crippen molar-refractivity contribution >= 4 is 0 Å². The Morgan fingerprint density at radius 1 is 0.677 bits per heavy atom. The summed E-state index contributed by atoms with van der Waals surface area (Å²) in [5, 5.41) is 0. The zero-order valence-corrected chi connectivity index (χ0v) is 25.3. The molecule has 0 rings (SSSR count). The van der Waals surface area contributed by atoms with E-state index >= 15 is 0 Å². The van der Waals surface area contributed by atoms with Crippen LogP contribution in [0.25, 0.3) is 0 Å². The van der Waals surface area contributed by atoms with Crippen molar-refractivity contribution in [1.82, 2.24) is 0 Å². The van der Waals surface area contributed by atoms with Gasteiger partial charge in [0.15, 0.2) is 0 Å². The van der Waals surface area contributed by atoms with E-state index in [0.717, 1.165) is 12.8 Å². The van der Waals surface area contributed by atoms with Crippen molar-refractivity contribution in [2.75, 3.05) is 0 Å². The lowest BCUT2D eigenvalue weighted by molar-refractivity contribution is 0.360. The minimum atomic E-state index is 0.342. The van der Waals surface area contributed by atoms with Crippen LogP contribution in [0.15, 0.2) is 34.9 Å². The van der Waals surface area contributed by atoms with Gasteiger partial charge in [-0.2, -0.15) is 0 Å². The first-order valence-electron chi connectivity index (χ1n) is 12.3. The number of hydrogen-bond acceptors (Lipinski definition) is 0. The summed E-state index contributed by atoms with van der Waals surface area (Å²) in [4.78, 5) is 0. The molecule has 0 aromatic heterocycles. The summed E-state index contributed by atoms with van der Waals surface area (Å²) in [7, 11) is 0. The molecule has 0 aliphatic carbocycles. The van der Waals surface area contributed by atoms with Crippen LogP contribution in [0.2, 0.25) is 0 Å². The van der Waals surface area contributed by atoms with E-state index in [1.807, 2.05) is 0 Å². The third-order valence-electron chi connectivity index (χ3n) is 5.76. The molecule has 0 bridgehead atoms. The van der Waals surface area contributed by atoms with Crippen molar-refractivity contribution in [3.8, 4) is 0 Å². The van der Waals surface area contributed by atoms with Crippen LogP contribution >= 0.6 is 0 Å². The molecule has 0 amide bonds. The smallest absolute Gasteiger partial charge is 0.0173 e. The van der Waals surface area contributed by atoms with Gasteiger partial charge in [0.2, 0.25) is 0 Å². The third kappa shape index (κ3) is 22.2. The summed E-state index contributed by atoms with van der Waals surface area (Å²) >= 11 is 0. The maximum atomic E-state index is 4.13. The van der Waals surface area contributed by atoms with Crippen molar-refractivity contribution < 1.29 is 0 Å². The lowest BCUT2D eigenvalue weighted by atomic mass is 9.81. The SMILES string of the molecule is C/C(=C(\C)C(C)(C)C)C(C)C.C/C=C(/C)C(C)(C)C.C=C(CC(C)(C)C)CC(C)(C)C. The van der Waals surface area contributed by atoms with E-state index in [1.54, 1.807) is 0 Å². The third-order valence-corrected chi connectivity index (χ3v) is 5.76. The Morgan fingerprint density at radius 2 is 1.00 bits per heavy atom. The fourth-order valence-electron chi connectivity index (χ4n) is 3.02. The van der Waals surface area contributed by atoms with E-state index in [4.69, 9.17) is 0 Å². The Kier molecular flexibility index (Phi) is 15.4. The Labute approximate surface area is 200 Å². The second-order valence-electron chi connectivity index (χ2n) is 14.2. The molecule has 0 saturated heterocycles. The Bertz CT molecular complexity index is 545. The van der Waals surface area contributed by atoms with Crippen LogP contribution in [0, 0.1) is 27.6 Å². The number of rotatable bonds is 3. The van der Waals surface area contributed by atoms with E-state index in [1.165, 1.54) is 22.3 Å². The molecule has 0 aromatic carbocycles. The monoisotopic (exact) mass is 434 g/mol. The Balaban J connectivity index is -0.000000387. The molecule has 31 heavy (non-hydrogen) atoms. The van der Waals surface area contributed by atoms with E-state index in [0.29, 0.717) is 27.6 Å². The van der Waals surface area contributed by atoms with Crippen molar-refractivity contribution in [1.29, 1.82) is 0 Å². The normalized spacial score (nSPS) is 14.2. The average molecular weight is 435 g/mol. The minimum absolute atomic E-state index is 0.342. The predicted octanol–water partition coefficient (Wildman–Crippen LogP) is 11.4. The van der Waals surface area contributed by atoms with Gasteiger partial charge in [0.05, 0.1) is 0 Å². The second kappa shape index (κ2) is 13.7. The molecule has 0 nitrogen and oxygen atoms in total. The molecule has 0 radical (unpaired) electrons. The van der Waals surface area contributed by atoms with E-state index in [9.17, 15) is 0 Å². The highest BCUT2D eigenvalue weighted by Crippen LogP contribution is 2.31. The average Bonchev–Trinajstić information content (AvgIpc) is 2.48. The van der Waals surface area contributed by atoms with Crippen molar-refractivity contribution in [3.05, 3.63) is 34.9 Å². The topological polar surface area (TPSA) is 0 Å². The highest BCUT2D eigenvalue weighted by Gasteiger charge is 2.17. The van der Waals surface area contributed by atoms with Gasteiger partial charge in [-0.1, -0.05) is 132 Å². The van der Waals surface area contributed by atoms with Crippen LogP contribution in [-0.4, -0.2) is 0 Å². The molecule has 0 aromatic rings. The highest BCUT2D eigenvalue weighted by atomic mass is 14.2. The zero-order chi connectivity index (χ0) is 26.0. The molecule has 0 aliphatic heterocycles. The van der Waals surface area contributed by atoms with Crippen molar-refractivity contribution in [3.63, 3.8) is 0 Å².